The lowest BCUT2D eigenvalue weighted by atomic mass is 9.97. The topological polar surface area (TPSA) is 79.0 Å². The fourth-order valence-electron chi connectivity index (χ4n) is 3.54. The van der Waals surface area contributed by atoms with Gasteiger partial charge >= 0.3 is 6.09 Å². The van der Waals surface area contributed by atoms with E-state index in [0.717, 1.165) is 25.9 Å². The zero-order valence-electron chi connectivity index (χ0n) is 18.2. The molecule has 0 bridgehead atoms. The van der Waals surface area contributed by atoms with E-state index in [1.807, 2.05) is 20.8 Å². The number of para-hydroxylation sites is 1. The van der Waals surface area contributed by atoms with Crippen molar-refractivity contribution in [1.82, 2.24) is 9.80 Å². The van der Waals surface area contributed by atoms with Crippen LogP contribution in [0.1, 0.15) is 50.9 Å². The maximum atomic E-state index is 12.5. The van der Waals surface area contributed by atoms with Crippen LogP contribution in [0.4, 0.5) is 10.5 Å². The Morgan fingerprint density at radius 3 is 2.59 bits per heavy atom. The van der Waals surface area contributed by atoms with Crippen molar-refractivity contribution >= 4 is 23.5 Å². The zero-order chi connectivity index (χ0) is 21.6. The lowest BCUT2D eigenvalue weighted by molar-refractivity contribution is -0.117. The minimum atomic E-state index is -0.516. The molecule has 0 radical (unpaired) electrons. The summed E-state index contributed by atoms with van der Waals surface area (Å²) in [5, 5.41) is 2.85. The lowest BCUT2D eigenvalue weighted by Gasteiger charge is -2.34. The molecule has 2 rings (SSSR count). The summed E-state index contributed by atoms with van der Waals surface area (Å²) in [4.78, 5) is 40.1. The molecule has 1 heterocycles. The van der Waals surface area contributed by atoms with Gasteiger partial charge in [0.05, 0.1) is 12.2 Å². The third kappa shape index (κ3) is 7.49. The van der Waals surface area contributed by atoms with Crippen LogP contribution < -0.4 is 5.32 Å². The van der Waals surface area contributed by atoms with E-state index in [0.29, 0.717) is 23.7 Å². The Morgan fingerprint density at radius 2 is 1.93 bits per heavy atom. The van der Waals surface area contributed by atoms with Crippen molar-refractivity contribution in [3.8, 4) is 0 Å². The number of hydrogen-bond acceptors (Lipinski definition) is 5. The van der Waals surface area contributed by atoms with Gasteiger partial charge in [0.1, 0.15) is 5.60 Å². The number of ether oxygens (including phenoxy) is 1. The number of nitrogens with zero attached hydrogens (tertiary/aromatic N) is 2. The Morgan fingerprint density at radius 1 is 1.24 bits per heavy atom. The van der Waals surface area contributed by atoms with E-state index in [-0.39, 0.29) is 24.3 Å². The minimum Gasteiger partial charge on any atom is -0.444 e. The van der Waals surface area contributed by atoms with Gasteiger partial charge in [-0.3, -0.25) is 14.5 Å². The highest BCUT2D eigenvalue weighted by Crippen LogP contribution is 2.19. The number of nitrogens with one attached hydrogen (secondary N) is 1. The summed E-state index contributed by atoms with van der Waals surface area (Å²) in [6.07, 6.45) is 1.66. The third-order valence-corrected chi connectivity index (χ3v) is 4.79. The van der Waals surface area contributed by atoms with Gasteiger partial charge in [0.25, 0.3) is 0 Å². The summed E-state index contributed by atoms with van der Waals surface area (Å²) >= 11 is 0. The van der Waals surface area contributed by atoms with Crippen molar-refractivity contribution in [3.63, 3.8) is 0 Å². The van der Waals surface area contributed by atoms with Gasteiger partial charge in [0, 0.05) is 25.7 Å². The highest BCUT2D eigenvalue weighted by atomic mass is 16.6. The van der Waals surface area contributed by atoms with Gasteiger partial charge in [-0.2, -0.15) is 0 Å². The maximum absolute atomic E-state index is 12.5. The van der Waals surface area contributed by atoms with Crippen molar-refractivity contribution in [2.75, 3.05) is 38.5 Å². The molecule has 29 heavy (non-hydrogen) atoms. The fraction of sp³-hybridized carbons (Fsp3) is 0.591. The number of ketones is 1. The number of likely N-dealkylation sites (tertiary alicyclic amines) is 1. The normalized spacial score (nSPS) is 17.5. The van der Waals surface area contributed by atoms with E-state index >= 15 is 0 Å². The highest BCUT2D eigenvalue weighted by molar-refractivity contribution is 6.04. The number of rotatable bonds is 6. The van der Waals surface area contributed by atoms with Crippen LogP contribution >= 0.6 is 0 Å². The first-order valence-electron chi connectivity index (χ1n) is 10.1. The molecule has 1 atom stereocenters. The maximum Gasteiger partial charge on any atom is 0.410 e. The van der Waals surface area contributed by atoms with Crippen LogP contribution in [0.3, 0.4) is 0 Å². The summed E-state index contributed by atoms with van der Waals surface area (Å²) in [5.74, 6) is 0.0718. The van der Waals surface area contributed by atoms with Crippen LogP contribution in [0.2, 0.25) is 0 Å². The molecule has 1 unspecified atom stereocenters. The molecule has 0 spiro atoms. The number of amides is 2. The van der Waals surface area contributed by atoms with Gasteiger partial charge in [-0.25, -0.2) is 4.79 Å². The predicted octanol–water partition coefficient (Wildman–Crippen LogP) is 3.41. The van der Waals surface area contributed by atoms with Crippen molar-refractivity contribution in [2.45, 2.75) is 46.1 Å². The first-order valence-corrected chi connectivity index (χ1v) is 10.1. The molecule has 7 nitrogen and oxygen atoms in total. The number of hydrogen-bond donors (Lipinski definition) is 1. The molecule has 0 saturated carbocycles. The van der Waals surface area contributed by atoms with Crippen LogP contribution in [-0.2, 0) is 9.53 Å². The smallest absolute Gasteiger partial charge is 0.410 e. The average molecular weight is 404 g/mol. The molecule has 1 aromatic carbocycles. The van der Waals surface area contributed by atoms with E-state index in [2.05, 4.69) is 10.2 Å². The molecule has 2 amide bonds. The summed E-state index contributed by atoms with van der Waals surface area (Å²) in [6, 6.07) is 7.03. The summed E-state index contributed by atoms with van der Waals surface area (Å²) in [7, 11) is 1.75. The van der Waals surface area contributed by atoms with Gasteiger partial charge in [0.2, 0.25) is 5.91 Å². The van der Waals surface area contributed by atoms with Crippen molar-refractivity contribution < 1.29 is 19.1 Å². The van der Waals surface area contributed by atoms with Crippen molar-refractivity contribution in [1.29, 1.82) is 0 Å². The molecule has 1 aliphatic heterocycles. The molecule has 1 aromatic rings. The standard InChI is InChI=1S/C22H33N3O4/c1-16(26)18-10-6-7-11-19(18)23-20(27)15-25-12-8-9-17(14-25)13-24(5)21(28)29-22(2,3)4/h6-7,10-11,17H,8-9,12-15H2,1-5H3,(H,23,27). The first-order chi connectivity index (χ1) is 13.5. The number of carbonyl (C=O) groups excluding carboxylic acids is 3. The molecule has 1 saturated heterocycles. The third-order valence-electron chi connectivity index (χ3n) is 4.79. The van der Waals surface area contributed by atoms with Crippen LogP contribution in [0, 0.1) is 5.92 Å². The number of piperidine rings is 1. The van der Waals surface area contributed by atoms with Gasteiger partial charge in [-0.05, 0) is 65.1 Å². The number of carbonyl (C=O) groups is 3. The minimum absolute atomic E-state index is 0.0795. The molecule has 1 fully saturated rings. The lowest BCUT2D eigenvalue weighted by Crippen LogP contribution is -2.45. The average Bonchev–Trinajstić information content (AvgIpc) is 2.60. The Balaban J connectivity index is 1.87. The Labute approximate surface area is 173 Å². The molecular weight excluding hydrogens is 370 g/mol. The van der Waals surface area contributed by atoms with E-state index in [1.165, 1.54) is 6.92 Å². The SMILES string of the molecule is CC(=O)c1ccccc1NC(=O)CN1CCCC(CN(C)C(=O)OC(C)(C)C)C1. The Kier molecular flexibility index (Phi) is 7.79. The largest absolute Gasteiger partial charge is 0.444 e. The van der Waals surface area contributed by atoms with Crippen molar-refractivity contribution in [2.24, 2.45) is 5.92 Å². The van der Waals surface area contributed by atoms with Crippen LogP contribution in [0.25, 0.3) is 0 Å². The second-order valence-electron chi connectivity index (χ2n) is 8.75. The fourth-order valence-corrected chi connectivity index (χ4v) is 3.54. The molecule has 160 valence electrons. The van der Waals surface area contributed by atoms with E-state index in [1.54, 1.807) is 36.2 Å². The summed E-state index contributed by atoms with van der Waals surface area (Å²) in [6.45, 7) is 9.49. The summed E-state index contributed by atoms with van der Waals surface area (Å²) in [5.41, 5.74) is 0.539. The quantitative estimate of drug-likeness (QED) is 0.737. The zero-order valence-corrected chi connectivity index (χ0v) is 18.2. The van der Waals surface area contributed by atoms with E-state index in [4.69, 9.17) is 4.74 Å². The number of Topliss-reactive ketones (excluding diaryl/α,β-unsaturated/α-hetero) is 1. The van der Waals surface area contributed by atoms with Crippen molar-refractivity contribution in [3.05, 3.63) is 29.8 Å². The first kappa shape index (κ1) is 22.9. The number of benzene rings is 1. The predicted molar refractivity (Wildman–Crippen MR) is 113 cm³/mol. The van der Waals surface area contributed by atoms with Crippen LogP contribution in [-0.4, -0.2) is 66.4 Å². The summed E-state index contributed by atoms with van der Waals surface area (Å²) < 4.78 is 5.41. The molecular formula is C22H33N3O4. The number of anilines is 1. The molecule has 0 aromatic heterocycles. The monoisotopic (exact) mass is 403 g/mol. The van der Waals surface area contributed by atoms with Crippen LogP contribution in [0.15, 0.2) is 24.3 Å². The van der Waals surface area contributed by atoms with Gasteiger partial charge in [-0.15, -0.1) is 0 Å². The van der Waals surface area contributed by atoms with E-state index in [9.17, 15) is 14.4 Å². The highest BCUT2D eigenvalue weighted by Gasteiger charge is 2.26. The molecule has 7 heteroatoms. The van der Waals surface area contributed by atoms with Gasteiger partial charge < -0.3 is 15.0 Å². The van der Waals surface area contributed by atoms with Gasteiger partial charge in [-0.1, -0.05) is 12.1 Å². The van der Waals surface area contributed by atoms with Crippen LogP contribution in [0.5, 0.6) is 0 Å². The second-order valence-corrected chi connectivity index (χ2v) is 8.75. The second kappa shape index (κ2) is 9.87. The Hall–Kier alpha value is -2.41. The molecule has 0 aliphatic carbocycles. The van der Waals surface area contributed by atoms with E-state index < -0.39 is 5.60 Å². The Bertz CT molecular complexity index is 742. The molecule has 1 N–H and O–H groups in total. The molecule has 1 aliphatic rings. The van der Waals surface area contributed by atoms with Gasteiger partial charge in [0.15, 0.2) is 5.78 Å².